The van der Waals surface area contributed by atoms with Gasteiger partial charge in [0, 0.05) is 19.5 Å². The number of aliphatic hydroxyl groups excluding tert-OH is 2. The van der Waals surface area contributed by atoms with Crippen LogP contribution in [0.25, 0.3) is 11.2 Å². The number of fused-ring (bicyclic) bond motifs is 1. The van der Waals surface area contributed by atoms with Crippen molar-refractivity contribution in [1.29, 1.82) is 0 Å². The first-order valence-electron chi connectivity index (χ1n) is 12.4. The first-order valence-corrected chi connectivity index (χ1v) is 12.4. The molecule has 1 saturated carbocycles. The van der Waals surface area contributed by atoms with Crippen molar-refractivity contribution in [2.24, 2.45) is 5.92 Å². The number of ether oxygens (including phenoxy) is 2. The second-order valence-electron chi connectivity index (χ2n) is 9.42. The maximum atomic E-state index is 12.9. The second kappa shape index (κ2) is 10.9. The van der Waals surface area contributed by atoms with Crippen molar-refractivity contribution in [3.63, 3.8) is 0 Å². The van der Waals surface area contributed by atoms with E-state index in [1.807, 2.05) is 24.3 Å². The number of nitrogens with one attached hydrogen (secondary N) is 1. The van der Waals surface area contributed by atoms with E-state index in [1.165, 1.54) is 17.9 Å². The summed E-state index contributed by atoms with van der Waals surface area (Å²) in [6, 6.07) is 7.50. The number of nitrogen functional groups attached to an aromatic ring is 1. The van der Waals surface area contributed by atoms with Crippen LogP contribution < -0.4 is 15.8 Å². The zero-order chi connectivity index (χ0) is 27.7. The zero-order valence-electron chi connectivity index (χ0n) is 21.4. The fourth-order valence-electron chi connectivity index (χ4n) is 4.39. The molecule has 39 heavy (non-hydrogen) atoms. The van der Waals surface area contributed by atoms with Gasteiger partial charge in [-0.15, -0.1) is 0 Å². The third kappa shape index (κ3) is 5.35. The number of nitrogens with two attached hydrogens (primary N) is 1. The van der Waals surface area contributed by atoms with Gasteiger partial charge in [-0.3, -0.25) is 14.2 Å². The molecule has 13 heteroatoms. The molecule has 5 N–H and O–H groups in total. The highest BCUT2D eigenvalue weighted by Crippen LogP contribution is 2.33. The molecular formula is C26H29N7O6. The SMILES string of the molecule is CNC(=O)C1OC(n2cnc3c(N)nc(C#CCN(Cc4ccc(OC)cc4)C(=O)C4CC4)nc32)[C@H](O)[C@@H]1O. The van der Waals surface area contributed by atoms with E-state index < -0.39 is 30.4 Å². The van der Waals surface area contributed by atoms with Crippen molar-refractivity contribution < 1.29 is 29.3 Å². The molecule has 2 aromatic heterocycles. The molecule has 13 nitrogen and oxygen atoms in total. The van der Waals surface area contributed by atoms with Gasteiger partial charge < -0.3 is 35.6 Å². The highest BCUT2D eigenvalue weighted by atomic mass is 16.6. The van der Waals surface area contributed by atoms with E-state index in [9.17, 15) is 19.8 Å². The second-order valence-corrected chi connectivity index (χ2v) is 9.42. The smallest absolute Gasteiger partial charge is 0.251 e. The van der Waals surface area contributed by atoms with Gasteiger partial charge in [-0.2, -0.15) is 0 Å². The van der Waals surface area contributed by atoms with E-state index in [0.29, 0.717) is 6.54 Å². The molecule has 2 fully saturated rings. The van der Waals surface area contributed by atoms with Crippen molar-refractivity contribution >= 4 is 28.8 Å². The van der Waals surface area contributed by atoms with Crippen LogP contribution in [-0.4, -0.2) is 85.5 Å². The van der Waals surface area contributed by atoms with Gasteiger partial charge in [0.1, 0.15) is 23.5 Å². The molecule has 4 atom stereocenters. The van der Waals surface area contributed by atoms with Crippen LogP contribution in [0.15, 0.2) is 30.6 Å². The minimum Gasteiger partial charge on any atom is -0.497 e. The van der Waals surface area contributed by atoms with Crippen LogP contribution in [0.1, 0.15) is 30.5 Å². The lowest BCUT2D eigenvalue weighted by molar-refractivity contribution is -0.137. The Hall–Kier alpha value is -4.25. The fraction of sp³-hybridized carbons (Fsp3) is 0.423. The van der Waals surface area contributed by atoms with Crippen LogP contribution in [0.4, 0.5) is 5.82 Å². The number of carbonyl (C=O) groups excluding carboxylic acids is 2. The van der Waals surface area contributed by atoms with Crippen molar-refractivity contribution in [1.82, 2.24) is 29.7 Å². The Balaban J connectivity index is 1.38. The van der Waals surface area contributed by atoms with Crippen LogP contribution in [0.2, 0.25) is 0 Å². The molecule has 1 saturated heterocycles. The predicted octanol–water partition coefficient (Wildman–Crippen LogP) is -0.427. The number of anilines is 1. The van der Waals surface area contributed by atoms with Crippen LogP contribution >= 0.6 is 0 Å². The summed E-state index contributed by atoms with van der Waals surface area (Å²) < 4.78 is 12.2. The van der Waals surface area contributed by atoms with Crippen LogP contribution in [0.3, 0.4) is 0 Å². The molecule has 1 aliphatic carbocycles. The number of rotatable bonds is 7. The highest BCUT2D eigenvalue weighted by Gasteiger charge is 2.47. The molecule has 3 aromatic rings. The average Bonchev–Trinajstić information content (AvgIpc) is 3.65. The summed E-state index contributed by atoms with van der Waals surface area (Å²) in [7, 11) is 3.00. The Morgan fingerprint density at radius 2 is 1.97 bits per heavy atom. The number of methoxy groups -OCH3 is 1. The normalized spacial score (nSPS) is 22.3. The summed E-state index contributed by atoms with van der Waals surface area (Å²) in [5, 5.41) is 23.2. The molecule has 2 aliphatic rings. The van der Waals surface area contributed by atoms with E-state index in [2.05, 4.69) is 32.1 Å². The van der Waals surface area contributed by atoms with E-state index in [0.717, 1.165) is 24.2 Å². The predicted molar refractivity (Wildman–Crippen MR) is 138 cm³/mol. The zero-order valence-corrected chi connectivity index (χ0v) is 21.4. The molecule has 2 amide bonds. The number of carbonyl (C=O) groups is 2. The molecule has 0 radical (unpaired) electrons. The number of benzene rings is 1. The summed E-state index contributed by atoms with van der Waals surface area (Å²) in [5.74, 6) is 6.21. The lowest BCUT2D eigenvalue weighted by atomic mass is 10.1. The van der Waals surface area contributed by atoms with Crippen molar-refractivity contribution in [3.8, 4) is 17.6 Å². The van der Waals surface area contributed by atoms with Crippen molar-refractivity contribution in [3.05, 3.63) is 42.0 Å². The van der Waals surface area contributed by atoms with E-state index in [1.54, 1.807) is 12.0 Å². The van der Waals surface area contributed by atoms with Gasteiger partial charge in [0.25, 0.3) is 5.91 Å². The van der Waals surface area contributed by atoms with Gasteiger partial charge >= 0.3 is 0 Å². The minimum absolute atomic E-state index is 0.0226. The fourth-order valence-corrected chi connectivity index (χ4v) is 4.39. The number of likely N-dealkylation sites (N-methyl/N-ethyl adjacent to an activating group) is 1. The Kier molecular flexibility index (Phi) is 7.34. The van der Waals surface area contributed by atoms with E-state index in [-0.39, 0.29) is 41.2 Å². The third-order valence-corrected chi connectivity index (χ3v) is 6.71. The minimum atomic E-state index is -1.45. The lowest BCUT2D eigenvalue weighted by Crippen LogP contribution is -2.41. The summed E-state index contributed by atoms with van der Waals surface area (Å²) in [6.45, 7) is 0.556. The number of amides is 2. The van der Waals surface area contributed by atoms with E-state index in [4.69, 9.17) is 15.2 Å². The first kappa shape index (κ1) is 26.4. The molecule has 0 bridgehead atoms. The third-order valence-electron chi connectivity index (χ3n) is 6.71. The molecule has 1 aliphatic heterocycles. The van der Waals surface area contributed by atoms with E-state index >= 15 is 0 Å². The number of nitrogens with zero attached hydrogens (tertiary/aromatic N) is 5. The summed E-state index contributed by atoms with van der Waals surface area (Å²) in [5.41, 5.74) is 7.51. The molecule has 0 spiro atoms. The van der Waals surface area contributed by atoms with Gasteiger partial charge in [0.05, 0.1) is 20.0 Å². The van der Waals surface area contributed by atoms with Gasteiger partial charge in [0.2, 0.25) is 11.7 Å². The summed E-state index contributed by atoms with van der Waals surface area (Å²) in [4.78, 5) is 39.5. The van der Waals surface area contributed by atoms with Crippen LogP contribution in [0.5, 0.6) is 5.75 Å². The lowest BCUT2D eigenvalue weighted by Gasteiger charge is -2.20. The topological polar surface area (TPSA) is 178 Å². The van der Waals surface area contributed by atoms with Gasteiger partial charge in [-0.25, -0.2) is 15.0 Å². The Labute approximate surface area is 223 Å². The van der Waals surface area contributed by atoms with Crippen molar-refractivity contribution in [2.45, 2.75) is 43.9 Å². The largest absolute Gasteiger partial charge is 0.497 e. The Bertz CT molecular complexity index is 1440. The van der Waals surface area contributed by atoms with Crippen LogP contribution in [-0.2, 0) is 20.9 Å². The molecular weight excluding hydrogens is 506 g/mol. The molecule has 204 valence electrons. The molecule has 1 aromatic carbocycles. The first-order chi connectivity index (χ1) is 18.8. The number of aromatic nitrogens is 4. The quantitative estimate of drug-likeness (QED) is 0.290. The number of aliphatic hydroxyl groups is 2. The Morgan fingerprint density at radius 1 is 1.23 bits per heavy atom. The van der Waals surface area contributed by atoms with Gasteiger partial charge in [-0.1, -0.05) is 18.1 Å². The van der Waals surface area contributed by atoms with Gasteiger partial charge in [0.15, 0.2) is 23.8 Å². The summed E-state index contributed by atoms with van der Waals surface area (Å²) in [6.07, 6.45) is -2.20. The Morgan fingerprint density at radius 3 is 2.64 bits per heavy atom. The monoisotopic (exact) mass is 535 g/mol. The number of imidazole rings is 1. The maximum Gasteiger partial charge on any atom is 0.251 e. The van der Waals surface area contributed by atoms with Crippen molar-refractivity contribution in [2.75, 3.05) is 26.4 Å². The molecule has 3 heterocycles. The van der Waals surface area contributed by atoms with Gasteiger partial charge in [-0.05, 0) is 36.5 Å². The number of hydrogen-bond acceptors (Lipinski definition) is 10. The van der Waals surface area contributed by atoms with Crippen LogP contribution in [0, 0.1) is 17.8 Å². The average molecular weight is 536 g/mol. The standard InChI is InChI=1S/C26H29N7O6/c1-28-24(36)21-19(34)20(35)26(39-21)33-13-29-18-22(27)30-17(31-23(18)33)4-3-11-32(25(37)15-7-8-15)12-14-5-9-16(38-2)10-6-14/h5-6,9-10,13,15,19-21,26,34-35H,7-8,11-12H2,1-2H3,(H,28,36)(H2,27,30,31)/t19-,20+,21?,26?/m0/s1. The highest BCUT2D eigenvalue weighted by molar-refractivity contribution is 5.83. The molecule has 2 unspecified atom stereocenters. The summed E-state index contributed by atoms with van der Waals surface area (Å²) >= 11 is 0. The molecule has 5 rings (SSSR count). The maximum absolute atomic E-state index is 12.9. The number of hydrogen-bond donors (Lipinski definition) is 4.